The summed E-state index contributed by atoms with van der Waals surface area (Å²) in [5.74, 6) is 0.781. The van der Waals surface area contributed by atoms with E-state index in [1.807, 2.05) is 25.3 Å². The highest BCUT2D eigenvalue weighted by molar-refractivity contribution is 5.90. The molecule has 4 nitrogen and oxygen atoms in total. The molecular weight excluding hydrogens is 190 g/mol. The minimum Gasteiger partial charge on any atom is -0.358 e. The van der Waals surface area contributed by atoms with Gasteiger partial charge in [0.15, 0.2) is 5.76 Å². The SMILES string of the molecule is CC1N=Cc2cccnc2-c2cnoc21. The van der Waals surface area contributed by atoms with Gasteiger partial charge in [0.25, 0.3) is 0 Å². The molecule has 0 saturated heterocycles. The van der Waals surface area contributed by atoms with Crippen molar-refractivity contribution in [2.24, 2.45) is 4.99 Å². The third kappa shape index (κ3) is 1.18. The molecule has 2 aromatic heterocycles. The number of pyridine rings is 1. The molecule has 0 spiro atoms. The third-order valence-electron chi connectivity index (χ3n) is 2.51. The second-order valence-corrected chi connectivity index (χ2v) is 3.50. The van der Waals surface area contributed by atoms with Crippen molar-refractivity contribution in [3.63, 3.8) is 0 Å². The van der Waals surface area contributed by atoms with Crippen molar-refractivity contribution < 1.29 is 4.52 Å². The first-order valence-electron chi connectivity index (χ1n) is 4.79. The molecule has 0 radical (unpaired) electrons. The molecule has 0 fully saturated rings. The van der Waals surface area contributed by atoms with Crippen LogP contribution in [0.3, 0.4) is 0 Å². The Morgan fingerprint density at radius 2 is 2.33 bits per heavy atom. The van der Waals surface area contributed by atoms with Crippen molar-refractivity contribution in [1.82, 2.24) is 10.1 Å². The number of hydrogen-bond donors (Lipinski definition) is 0. The monoisotopic (exact) mass is 199 g/mol. The Kier molecular flexibility index (Phi) is 1.68. The van der Waals surface area contributed by atoms with Crippen molar-refractivity contribution in [2.75, 3.05) is 0 Å². The minimum atomic E-state index is -0.00306. The Balaban J connectivity index is 2.33. The van der Waals surface area contributed by atoms with E-state index in [4.69, 9.17) is 4.52 Å². The minimum absolute atomic E-state index is 0.00306. The standard InChI is InChI=1S/C11H9N3O/c1-7-11-9(6-14-15-11)10-8(5-13-7)3-2-4-12-10/h2-7H,1H3. The summed E-state index contributed by atoms with van der Waals surface area (Å²) < 4.78 is 5.20. The van der Waals surface area contributed by atoms with E-state index < -0.39 is 0 Å². The van der Waals surface area contributed by atoms with Crippen LogP contribution >= 0.6 is 0 Å². The molecule has 2 aromatic rings. The van der Waals surface area contributed by atoms with Gasteiger partial charge in [-0.05, 0) is 19.1 Å². The largest absolute Gasteiger partial charge is 0.358 e. The lowest BCUT2D eigenvalue weighted by atomic mass is 10.1. The van der Waals surface area contributed by atoms with Crippen LogP contribution in [0.1, 0.15) is 24.3 Å². The fraction of sp³-hybridized carbons (Fsp3) is 0.182. The molecule has 0 aromatic carbocycles. The topological polar surface area (TPSA) is 51.3 Å². The Labute approximate surface area is 86.7 Å². The van der Waals surface area contributed by atoms with E-state index in [0.717, 1.165) is 22.6 Å². The summed E-state index contributed by atoms with van der Waals surface area (Å²) in [4.78, 5) is 8.72. The zero-order valence-electron chi connectivity index (χ0n) is 8.21. The smallest absolute Gasteiger partial charge is 0.170 e. The zero-order chi connectivity index (χ0) is 10.3. The molecule has 3 rings (SSSR count). The second kappa shape index (κ2) is 3.02. The molecule has 1 atom stereocenters. The van der Waals surface area contributed by atoms with Gasteiger partial charge in [-0.15, -0.1) is 0 Å². The lowest BCUT2D eigenvalue weighted by molar-refractivity contribution is 0.369. The van der Waals surface area contributed by atoms with E-state index in [1.54, 1.807) is 12.4 Å². The zero-order valence-corrected chi connectivity index (χ0v) is 8.21. The summed E-state index contributed by atoms with van der Waals surface area (Å²) in [6.45, 7) is 1.98. The van der Waals surface area contributed by atoms with Gasteiger partial charge in [0, 0.05) is 18.0 Å². The molecule has 1 unspecified atom stereocenters. The van der Waals surface area contributed by atoms with E-state index in [9.17, 15) is 0 Å². The van der Waals surface area contributed by atoms with E-state index >= 15 is 0 Å². The highest BCUT2D eigenvalue weighted by Gasteiger charge is 2.21. The highest BCUT2D eigenvalue weighted by atomic mass is 16.5. The number of rotatable bonds is 0. The van der Waals surface area contributed by atoms with Crippen molar-refractivity contribution >= 4 is 6.21 Å². The van der Waals surface area contributed by atoms with Gasteiger partial charge in [0.2, 0.25) is 0 Å². The fourth-order valence-electron chi connectivity index (χ4n) is 1.73. The van der Waals surface area contributed by atoms with Crippen LogP contribution in [-0.2, 0) is 0 Å². The lowest BCUT2D eigenvalue weighted by Crippen LogP contribution is -1.89. The van der Waals surface area contributed by atoms with Gasteiger partial charge >= 0.3 is 0 Å². The summed E-state index contributed by atoms with van der Waals surface area (Å²) in [7, 11) is 0. The summed E-state index contributed by atoms with van der Waals surface area (Å²) >= 11 is 0. The van der Waals surface area contributed by atoms with Gasteiger partial charge < -0.3 is 4.52 Å². The Morgan fingerprint density at radius 3 is 3.27 bits per heavy atom. The van der Waals surface area contributed by atoms with Gasteiger partial charge in [-0.2, -0.15) is 0 Å². The van der Waals surface area contributed by atoms with Crippen molar-refractivity contribution in [3.05, 3.63) is 35.9 Å². The Hall–Kier alpha value is -1.97. The number of aliphatic imine (C=N–C) groups is 1. The summed E-state index contributed by atoms with van der Waals surface area (Å²) in [6, 6.07) is 3.88. The third-order valence-corrected chi connectivity index (χ3v) is 2.51. The first-order chi connectivity index (χ1) is 7.36. The Bertz CT molecular complexity index is 530. The summed E-state index contributed by atoms with van der Waals surface area (Å²) in [5.41, 5.74) is 2.84. The molecule has 0 bridgehead atoms. The predicted octanol–water partition coefficient (Wildman–Crippen LogP) is 2.23. The average molecular weight is 199 g/mol. The maximum atomic E-state index is 5.20. The molecule has 0 N–H and O–H groups in total. The van der Waals surface area contributed by atoms with Gasteiger partial charge in [-0.3, -0.25) is 9.98 Å². The molecule has 0 aliphatic carbocycles. The highest BCUT2D eigenvalue weighted by Crippen LogP contribution is 2.32. The van der Waals surface area contributed by atoms with Crippen molar-refractivity contribution in [3.8, 4) is 11.3 Å². The molecule has 3 heterocycles. The quantitative estimate of drug-likeness (QED) is 0.653. The van der Waals surface area contributed by atoms with E-state index in [-0.39, 0.29) is 6.04 Å². The Morgan fingerprint density at radius 1 is 1.40 bits per heavy atom. The summed E-state index contributed by atoms with van der Waals surface area (Å²) in [6.07, 6.45) is 5.30. The van der Waals surface area contributed by atoms with Crippen LogP contribution in [0.5, 0.6) is 0 Å². The van der Waals surface area contributed by atoms with Gasteiger partial charge in [-0.1, -0.05) is 5.16 Å². The van der Waals surface area contributed by atoms with Crippen LogP contribution in [0.25, 0.3) is 11.3 Å². The predicted molar refractivity (Wildman–Crippen MR) is 55.7 cm³/mol. The average Bonchev–Trinajstić information content (AvgIpc) is 2.71. The number of nitrogens with zero attached hydrogens (tertiary/aromatic N) is 3. The molecule has 0 saturated carbocycles. The van der Waals surface area contributed by atoms with Gasteiger partial charge in [-0.25, -0.2) is 0 Å². The van der Waals surface area contributed by atoms with Gasteiger partial charge in [0.05, 0.1) is 17.5 Å². The molecule has 0 amide bonds. The lowest BCUT2D eigenvalue weighted by Gasteiger charge is -2.00. The summed E-state index contributed by atoms with van der Waals surface area (Å²) in [5, 5.41) is 3.81. The maximum absolute atomic E-state index is 5.20. The van der Waals surface area contributed by atoms with Crippen LogP contribution in [0.4, 0.5) is 0 Å². The van der Waals surface area contributed by atoms with Crippen LogP contribution in [0.2, 0.25) is 0 Å². The second-order valence-electron chi connectivity index (χ2n) is 3.50. The first-order valence-corrected chi connectivity index (χ1v) is 4.79. The van der Waals surface area contributed by atoms with Crippen LogP contribution in [0, 0.1) is 0 Å². The van der Waals surface area contributed by atoms with Gasteiger partial charge in [0.1, 0.15) is 6.04 Å². The van der Waals surface area contributed by atoms with E-state index in [1.165, 1.54) is 0 Å². The van der Waals surface area contributed by atoms with Crippen LogP contribution < -0.4 is 0 Å². The van der Waals surface area contributed by atoms with E-state index in [0.29, 0.717) is 0 Å². The van der Waals surface area contributed by atoms with E-state index in [2.05, 4.69) is 15.1 Å². The molecule has 74 valence electrons. The van der Waals surface area contributed by atoms with Crippen LogP contribution in [0.15, 0.2) is 34.0 Å². The maximum Gasteiger partial charge on any atom is 0.170 e. The molecular formula is C11H9N3O. The molecule has 1 aliphatic heterocycles. The molecule has 4 heteroatoms. The first kappa shape index (κ1) is 8.35. The molecule has 15 heavy (non-hydrogen) atoms. The van der Waals surface area contributed by atoms with Crippen molar-refractivity contribution in [1.29, 1.82) is 0 Å². The normalized spacial score (nSPS) is 18.1. The van der Waals surface area contributed by atoms with Crippen LogP contribution in [-0.4, -0.2) is 16.4 Å². The number of fused-ring (bicyclic) bond motifs is 3. The number of hydrogen-bond acceptors (Lipinski definition) is 4. The fourth-order valence-corrected chi connectivity index (χ4v) is 1.73. The van der Waals surface area contributed by atoms with Crippen molar-refractivity contribution in [2.45, 2.75) is 13.0 Å². The molecule has 1 aliphatic rings. The number of aromatic nitrogens is 2.